The van der Waals surface area contributed by atoms with Crippen LogP contribution in [0.4, 0.5) is 0 Å². The van der Waals surface area contributed by atoms with Gasteiger partial charge in [0, 0.05) is 38.9 Å². The SMILES string of the molecule is Cc1nn(C)c(C)c1CNC(=NCc1ccc(S(N)(=O)=O)cc1)NCC(=O)N(C)C. The van der Waals surface area contributed by atoms with Crippen molar-refractivity contribution >= 4 is 21.9 Å². The maximum Gasteiger partial charge on any atom is 0.241 e. The first-order valence-electron chi connectivity index (χ1n) is 9.32. The van der Waals surface area contributed by atoms with Crippen LogP contribution in [0.3, 0.4) is 0 Å². The normalized spacial score (nSPS) is 12.0. The number of aromatic nitrogens is 2. The molecule has 1 amide bonds. The van der Waals surface area contributed by atoms with E-state index in [1.54, 1.807) is 26.2 Å². The quantitative estimate of drug-likeness (QED) is 0.414. The van der Waals surface area contributed by atoms with Gasteiger partial charge in [-0.3, -0.25) is 9.48 Å². The average molecular weight is 436 g/mol. The summed E-state index contributed by atoms with van der Waals surface area (Å²) in [7, 11) is 1.52. The van der Waals surface area contributed by atoms with Gasteiger partial charge in [-0.25, -0.2) is 18.5 Å². The first kappa shape index (κ1) is 23.4. The summed E-state index contributed by atoms with van der Waals surface area (Å²) in [4.78, 5) is 18.0. The summed E-state index contributed by atoms with van der Waals surface area (Å²) in [5.41, 5.74) is 3.83. The lowest BCUT2D eigenvalue weighted by Gasteiger charge is -2.15. The molecule has 0 saturated carbocycles. The highest BCUT2D eigenvalue weighted by Gasteiger charge is 2.11. The molecule has 0 aliphatic heterocycles. The van der Waals surface area contributed by atoms with Gasteiger partial charge in [-0.2, -0.15) is 5.10 Å². The maximum atomic E-state index is 11.9. The first-order valence-corrected chi connectivity index (χ1v) is 10.9. The van der Waals surface area contributed by atoms with Crippen molar-refractivity contribution in [1.82, 2.24) is 25.3 Å². The summed E-state index contributed by atoms with van der Waals surface area (Å²) in [6.45, 7) is 4.81. The van der Waals surface area contributed by atoms with Gasteiger partial charge in [0.05, 0.1) is 23.7 Å². The molecule has 0 unspecified atom stereocenters. The van der Waals surface area contributed by atoms with Crippen molar-refractivity contribution in [2.45, 2.75) is 31.8 Å². The second-order valence-corrected chi connectivity index (χ2v) is 8.68. The number of carbonyl (C=O) groups excluding carboxylic acids is 1. The average Bonchev–Trinajstić information content (AvgIpc) is 2.92. The van der Waals surface area contributed by atoms with Crippen molar-refractivity contribution in [3.63, 3.8) is 0 Å². The van der Waals surface area contributed by atoms with Gasteiger partial charge in [0.1, 0.15) is 0 Å². The lowest BCUT2D eigenvalue weighted by atomic mass is 10.2. The molecule has 2 rings (SSSR count). The van der Waals surface area contributed by atoms with Gasteiger partial charge in [0.25, 0.3) is 0 Å². The number of nitrogens with two attached hydrogens (primary N) is 1. The number of hydrogen-bond donors (Lipinski definition) is 3. The number of sulfonamides is 1. The van der Waals surface area contributed by atoms with Crippen LogP contribution in [0, 0.1) is 13.8 Å². The number of nitrogens with one attached hydrogen (secondary N) is 2. The van der Waals surface area contributed by atoms with E-state index in [9.17, 15) is 13.2 Å². The van der Waals surface area contributed by atoms with Crippen molar-refractivity contribution in [3.05, 3.63) is 46.8 Å². The monoisotopic (exact) mass is 435 g/mol. The van der Waals surface area contributed by atoms with Crippen LogP contribution in [0.15, 0.2) is 34.2 Å². The number of guanidine groups is 1. The summed E-state index contributed by atoms with van der Waals surface area (Å²) in [6, 6.07) is 6.19. The van der Waals surface area contributed by atoms with Crippen LogP contribution >= 0.6 is 0 Å². The number of carbonyl (C=O) groups is 1. The van der Waals surface area contributed by atoms with E-state index >= 15 is 0 Å². The Morgan fingerprint density at radius 3 is 2.33 bits per heavy atom. The molecule has 1 aromatic heterocycles. The molecule has 0 aliphatic carbocycles. The number of aryl methyl sites for hydroxylation is 2. The van der Waals surface area contributed by atoms with Crippen LogP contribution in [0.5, 0.6) is 0 Å². The van der Waals surface area contributed by atoms with Gasteiger partial charge in [0.15, 0.2) is 5.96 Å². The zero-order chi connectivity index (χ0) is 22.5. The molecule has 0 fully saturated rings. The smallest absolute Gasteiger partial charge is 0.241 e. The minimum atomic E-state index is -3.73. The molecule has 0 atom stereocenters. The van der Waals surface area contributed by atoms with E-state index in [1.807, 2.05) is 25.6 Å². The van der Waals surface area contributed by atoms with E-state index in [0.29, 0.717) is 19.0 Å². The van der Waals surface area contributed by atoms with E-state index in [0.717, 1.165) is 22.5 Å². The highest BCUT2D eigenvalue weighted by atomic mass is 32.2. The maximum absolute atomic E-state index is 11.9. The van der Waals surface area contributed by atoms with E-state index < -0.39 is 10.0 Å². The van der Waals surface area contributed by atoms with Crippen molar-refractivity contribution in [2.24, 2.45) is 17.2 Å². The van der Waals surface area contributed by atoms with Gasteiger partial charge < -0.3 is 15.5 Å². The molecule has 1 aromatic carbocycles. The molecule has 0 bridgehead atoms. The molecule has 30 heavy (non-hydrogen) atoms. The topological polar surface area (TPSA) is 135 Å². The molecule has 0 aliphatic rings. The predicted octanol–water partition coefficient (Wildman–Crippen LogP) is 0.00794. The van der Waals surface area contributed by atoms with Crippen molar-refractivity contribution < 1.29 is 13.2 Å². The molecule has 1 heterocycles. The molecule has 10 nitrogen and oxygen atoms in total. The third kappa shape index (κ3) is 6.29. The zero-order valence-electron chi connectivity index (χ0n) is 17.9. The standard InChI is InChI=1S/C19H29N7O3S/c1-13-17(14(2)26(5)24-13)11-22-19(23-12-18(27)25(3)4)21-10-15-6-8-16(9-7-15)30(20,28)29/h6-9H,10-12H2,1-5H3,(H2,20,28,29)(H2,21,22,23). The fourth-order valence-electron chi connectivity index (χ4n) is 2.69. The molecule has 11 heteroatoms. The highest BCUT2D eigenvalue weighted by molar-refractivity contribution is 7.89. The zero-order valence-corrected chi connectivity index (χ0v) is 18.7. The Morgan fingerprint density at radius 1 is 1.20 bits per heavy atom. The molecule has 0 radical (unpaired) electrons. The van der Waals surface area contributed by atoms with Gasteiger partial charge in [-0.15, -0.1) is 0 Å². The third-order valence-electron chi connectivity index (χ3n) is 4.67. The Balaban J connectivity index is 2.14. The Hall–Kier alpha value is -2.92. The number of amides is 1. The van der Waals surface area contributed by atoms with Crippen LogP contribution in [-0.4, -0.2) is 55.6 Å². The van der Waals surface area contributed by atoms with E-state index in [-0.39, 0.29) is 17.3 Å². The molecule has 0 saturated heterocycles. The number of benzene rings is 1. The second kappa shape index (κ2) is 9.72. The summed E-state index contributed by atoms with van der Waals surface area (Å²) < 4.78 is 24.6. The van der Waals surface area contributed by atoms with Gasteiger partial charge in [-0.05, 0) is 31.5 Å². The Kier molecular flexibility index (Phi) is 7.57. The number of aliphatic imine (C=N–C) groups is 1. The van der Waals surface area contributed by atoms with Crippen molar-refractivity contribution in [3.8, 4) is 0 Å². The first-order chi connectivity index (χ1) is 14.0. The Labute approximate surface area is 177 Å². The molecular weight excluding hydrogens is 406 g/mol. The molecular formula is C19H29N7O3S. The fourth-order valence-corrected chi connectivity index (χ4v) is 3.21. The van der Waals surface area contributed by atoms with Crippen LogP contribution in [0.25, 0.3) is 0 Å². The van der Waals surface area contributed by atoms with Gasteiger partial charge in [-0.1, -0.05) is 12.1 Å². The van der Waals surface area contributed by atoms with E-state index in [2.05, 4.69) is 20.7 Å². The van der Waals surface area contributed by atoms with Gasteiger partial charge >= 0.3 is 0 Å². The number of likely N-dealkylation sites (N-methyl/N-ethyl adjacent to an activating group) is 1. The van der Waals surface area contributed by atoms with Crippen molar-refractivity contribution in [2.75, 3.05) is 20.6 Å². The van der Waals surface area contributed by atoms with Crippen LogP contribution in [0.1, 0.15) is 22.5 Å². The summed E-state index contributed by atoms with van der Waals surface area (Å²) in [6.07, 6.45) is 0. The number of primary sulfonamides is 1. The molecule has 164 valence electrons. The van der Waals surface area contributed by atoms with Crippen molar-refractivity contribution in [1.29, 1.82) is 0 Å². The van der Waals surface area contributed by atoms with Crippen LogP contribution < -0.4 is 15.8 Å². The largest absolute Gasteiger partial charge is 0.352 e. The Bertz CT molecular complexity index is 1030. The third-order valence-corrected chi connectivity index (χ3v) is 5.60. The van der Waals surface area contributed by atoms with Crippen LogP contribution in [-0.2, 0) is 35.0 Å². The van der Waals surface area contributed by atoms with E-state index in [4.69, 9.17) is 5.14 Å². The van der Waals surface area contributed by atoms with Crippen LogP contribution in [0.2, 0.25) is 0 Å². The summed E-state index contributed by atoms with van der Waals surface area (Å²) in [5, 5.41) is 15.8. The summed E-state index contributed by atoms with van der Waals surface area (Å²) >= 11 is 0. The highest BCUT2D eigenvalue weighted by Crippen LogP contribution is 2.12. The van der Waals surface area contributed by atoms with Gasteiger partial charge in [0.2, 0.25) is 15.9 Å². The minimum Gasteiger partial charge on any atom is -0.352 e. The molecule has 2 aromatic rings. The predicted molar refractivity (Wildman–Crippen MR) is 115 cm³/mol. The molecule has 4 N–H and O–H groups in total. The lowest BCUT2D eigenvalue weighted by molar-refractivity contribution is -0.127. The minimum absolute atomic E-state index is 0.0470. The number of rotatable bonds is 7. The Morgan fingerprint density at radius 2 is 1.83 bits per heavy atom. The summed E-state index contributed by atoms with van der Waals surface area (Å²) in [5.74, 6) is 0.374. The number of nitrogens with zero attached hydrogens (tertiary/aromatic N) is 4. The lowest BCUT2D eigenvalue weighted by Crippen LogP contribution is -2.42. The second-order valence-electron chi connectivity index (χ2n) is 7.12. The molecule has 0 spiro atoms. The number of hydrogen-bond acceptors (Lipinski definition) is 5. The van der Waals surface area contributed by atoms with E-state index in [1.165, 1.54) is 17.0 Å². The fraction of sp³-hybridized carbons (Fsp3) is 0.421.